The molecule has 0 spiro atoms. The predicted octanol–water partition coefficient (Wildman–Crippen LogP) is 0.529. The maximum absolute atomic E-state index is 12.0. The molecule has 0 aliphatic rings. The van der Waals surface area contributed by atoms with Crippen molar-refractivity contribution in [2.75, 3.05) is 51.4 Å². The Morgan fingerprint density at radius 3 is 2.48 bits per heavy atom. The fraction of sp³-hybridized carbons (Fsp3) is 0.533. The van der Waals surface area contributed by atoms with Crippen LogP contribution in [0.3, 0.4) is 0 Å². The van der Waals surface area contributed by atoms with Crippen LogP contribution in [0.2, 0.25) is 0 Å². The lowest BCUT2D eigenvalue weighted by molar-refractivity contribution is -0.119. The van der Waals surface area contributed by atoms with Crippen LogP contribution in [0.25, 0.3) is 0 Å². The molecule has 0 aliphatic carbocycles. The SMILES string of the molecule is COc1ccccc1N(CC(=O)NCCCN(C)C)S(C)(=O)=O. The quantitative estimate of drug-likeness (QED) is 0.662. The third kappa shape index (κ3) is 6.45. The summed E-state index contributed by atoms with van der Waals surface area (Å²) in [7, 11) is 1.76. The number of carbonyl (C=O) groups excluding carboxylic acids is 1. The van der Waals surface area contributed by atoms with E-state index in [1.165, 1.54) is 7.11 Å². The first-order valence-electron chi connectivity index (χ1n) is 7.28. The summed E-state index contributed by atoms with van der Waals surface area (Å²) < 4.78 is 30.3. The molecule has 0 radical (unpaired) electrons. The lowest BCUT2D eigenvalue weighted by Crippen LogP contribution is -2.41. The molecule has 0 heterocycles. The number of amides is 1. The average Bonchev–Trinajstić information content (AvgIpc) is 2.48. The number of sulfonamides is 1. The molecule has 0 aromatic heterocycles. The molecule has 0 saturated heterocycles. The van der Waals surface area contributed by atoms with Gasteiger partial charge in [0.1, 0.15) is 12.3 Å². The van der Waals surface area contributed by atoms with Gasteiger partial charge in [-0.3, -0.25) is 9.10 Å². The second-order valence-electron chi connectivity index (χ2n) is 5.45. The summed E-state index contributed by atoms with van der Waals surface area (Å²) in [6.45, 7) is 1.07. The van der Waals surface area contributed by atoms with E-state index in [-0.39, 0.29) is 12.5 Å². The van der Waals surface area contributed by atoms with Crippen molar-refractivity contribution in [3.8, 4) is 5.75 Å². The Hall–Kier alpha value is -1.80. The third-order valence-corrected chi connectivity index (χ3v) is 4.27. The largest absolute Gasteiger partial charge is 0.495 e. The minimum absolute atomic E-state index is 0.277. The molecule has 8 heteroatoms. The molecule has 1 aromatic carbocycles. The summed E-state index contributed by atoms with van der Waals surface area (Å²) in [6.07, 6.45) is 1.87. The monoisotopic (exact) mass is 343 g/mol. The van der Waals surface area contributed by atoms with Gasteiger partial charge in [0, 0.05) is 6.54 Å². The van der Waals surface area contributed by atoms with Gasteiger partial charge in [0.05, 0.1) is 19.1 Å². The molecule has 23 heavy (non-hydrogen) atoms. The average molecular weight is 343 g/mol. The van der Waals surface area contributed by atoms with Crippen molar-refractivity contribution in [1.29, 1.82) is 0 Å². The topological polar surface area (TPSA) is 79.0 Å². The summed E-state index contributed by atoms with van der Waals surface area (Å²) in [5.41, 5.74) is 0.348. The maximum atomic E-state index is 12.0. The molecule has 0 aliphatic heterocycles. The number of carbonyl (C=O) groups is 1. The van der Waals surface area contributed by atoms with Crippen LogP contribution in [-0.2, 0) is 14.8 Å². The van der Waals surface area contributed by atoms with Crippen LogP contribution >= 0.6 is 0 Å². The summed E-state index contributed by atoms with van der Waals surface area (Å²) >= 11 is 0. The van der Waals surface area contributed by atoms with Gasteiger partial charge < -0.3 is 15.0 Å². The second kappa shape index (κ2) is 8.73. The van der Waals surface area contributed by atoms with E-state index < -0.39 is 10.0 Å². The number of rotatable bonds is 9. The van der Waals surface area contributed by atoms with E-state index in [1.54, 1.807) is 24.3 Å². The molecule has 7 nitrogen and oxygen atoms in total. The smallest absolute Gasteiger partial charge is 0.240 e. The van der Waals surface area contributed by atoms with Crippen molar-refractivity contribution in [1.82, 2.24) is 10.2 Å². The van der Waals surface area contributed by atoms with E-state index in [0.717, 1.165) is 23.5 Å². The van der Waals surface area contributed by atoms with Crippen LogP contribution in [-0.4, -0.2) is 66.3 Å². The Balaban J connectivity index is 2.79. The summed E-state index contributed by atoms with van der Waals surface area (Å²) in [4.78, 5) is 14.1. The summed E-state index contributed by atoms with van der Waals surface area (Å²) in [5, 5.41) is 2.74. The minimum atomic E-state index is -3.61. The van der Waals surface area contributed by atoms with Crippen LogP contribution < -0.4 is 14.4 Å². The van der Waals surface area contributed by atoms with Gasteiger partial charge in [-0.05, 0) is 39.2 Å². The van der Waals surface area contributed by atoms with Gasteiger partial charge in [0.2, 0.25) is 15.9 Å². The van der Waals surface area contributed by atoms with E-state index >= 15 is 0 Å². The highest BCUT2D eigenvalue weighted by Gasteiger charge is 2.23. The van der Waals surface area contributed by atoms with Gasteiger partial charge in [-0.1, -0.05) is 12.1 Å². The third-order valence-electron chi connectivity index (χ3n) is 3.15. The number of para-hydroxylation sites is 2. The van der Waals surface area contributed by atoms with Crippen LogP contribution in [0.5, 0.6) is 5.75 Å². The predicted molar refractivity (Wildman–Crippen MR) is 91.4 cm³/mol. The van der Waals surface area contributed by atoms with Crippen molar-refractivity contribution in [2.24, 2.45) is 0 Å². The molecule has 0 fully saturated rings. The number of benzene rings is 1. The second-order valence-corrected chi connectivity index (χ2v) is 7.36. The minimum Gasteiger partial charge on any atom is -0.495 e. The van der Waals surface area contributed by atoms with Gasteiger partial charge in [0.25, 0.3) is 0 Å². The number of hydrogen-bond acceptors (Lipinski definition) is 5. The molecule has 0 atom stereocenters. The van der Waals surface area contributed by atoms with Gasteiger partial charge in [-0.2, -0.15) is 0 Å². The molecule has 1 aromatic rings. The number of hydrogen-bond donors (Lipinski definition) is 1. The zero-order valence-corrected chi connectivity index (χ0v) is 14.9. The van der Waals surface area contributed by atoms with E-state index in [0.29, 0.717) is 18.0 Å². The van der Waals surface area contributed by atoms with E-state index in [1.807, 2.05) is 19.0 Å². The number of nitrogens with one attached hydrogen (secondary N) is 1. The number of nitrogens with zero attached hydrogens (tertiary/aromatic N) is 2. The van der Waals surface area contributed by atoms with Crippen LogP contribution in [0.4, 0.5) is 5.69 Å². The van der Waals surface area contributed by atoms with Gasteiger partial charge in [0.15, 0.2) is 0 Å². The Labute approximate surface area is 138 Å². The van der Waals surface area contributed by atoms with Gasteiger partial charge in [-0.15, -0.1) is 0 Å². The van der Waals surface area contributed by atoms with Crippen LogP contribution in [0, 0.1) is 0 Å². The molecule has 0 bridgehead atoms. The van der Waals surface area contributed by atoms with Crippen LogP contribution in [0.15, 0.2) is 24.3 Å². The Morgan fingerprint density at radius 2 is 1.91 bits per heavy atom. The number of anilines is 1. The van der Waals surface area contributed by atoms with Crippen molar-refractivity contribution >= 4 is 21.6 Å². The molecule has 1 rings (SSSR count). The normalized spacial score (nSPS) is 11.3. The van der Waals surface area contributed by atoms with Crippen molar-refractivity contribution in [2.45, 2.75) is 6.42 Å². The van der Waals surface area contributed by atoms with Crippen molar-refractivity contribution in [3.63, 3.8) is 0 Å². The highest BCUT2D eigenvalue weighted by molar-refractivity contribution is 7.92. The summed E-state index contributed by atoms with van der Waals surface area (Å²) in [5.74, 6) is 0.0541. The lowest BCUT2D eigenvalue weighted by Gasteiger charge is -2.23. The Kier molecular flexibility index (Phi) is 7.31. The summed E-state index contributed by atoms with van der Waals surface area (Å²) in [6, 6.07) is 6.71. The van der Waals surface area contributed by atoms with Crippen molar-refractivity contribution < 1.29 is 17.9 Å². The van der Waals surface area contributed by atoms with Gasteiger partial charge in [-0.25, -0.2) is 8.42 Å². The fourth-order valence-corrected chi connectivity index (χ4v) is 2.89. The molecule has 1 amide bonds. The zero-order chi connectivity index (χ0) is 17.5. The highest BCUT2D eigenvalue weighted by Crippen LogP contribution is 2.29. The number of ether oxygens (including phenoxy) is 1. The van der Waals surface area contributed by atoms with E-state index in [2.05, 4.69) is 5.32 Å². The molecule has 130 valence electrons. The van der Waals surface area contributed by atoms with E-state index in [9.17, 15) is 13.2 Å². The molecular weight excluding hydrogens is 318 g/mol. The first-order valence-corrected chi connectivity index (χ1v) is 9.12. The van der Waals surface area contributed by atoms with Crippen molar-refractivity contribution in [3.05, 3.63) is 24.3 Å². The van der Waals surface area contributed by atoms with E-state index in [4.69, 9.17) is 4.74 Å². The highest BCUT2D eigenvalue weighted by atomic mass is 32.2. The number of methoxy groups -OCH3 is 1. The molecule has 1 N–H and O–H groups in total. The fourth-order valence-electron chi connectivity index (χ4n) is 2.03. The first kappa shape index (κ1) is 19.2. The lowest BCUT2D eigenvalue weighted by atomic mass is 10.3. The maximum Gasteiger partial charge on any atom is 0.240 e. The standard InChI is InChI=1S/C15H25N3O4S/c1-17(2)11-7-10-16-15(19)12-18(23(4,20)21)13-8-5-6-9-14(13)22-3/h5-6,8-9H,7,10-12H2,1-4H3,(H,16,19). The molecular formula is C15H25N3O4S. The molecule has 0 saturated carbocycles. The Bertz CT molecular complexity index is 617. The van der Waals surface area contributed by atoms with Gasteiger partial charge >= 0.3 is 0 Å². The molecule has 0 unspecified atom stereocenters. The zero-order valence-electron chi connectivity index (χ0n) is 14.1. The Morgan fingerprint density at radius 1 is 1.26 bits per heavy atom. The first-order chi connectivity index (χ1) is 10.8. The van der Waals surface area contributed by atoms with Crippen LogP contribution in [0.1, 0.15) is 6.42 Å².